The van der Waals surface area contributed by atoms with Gasteiger partial charge in [0.05, 0.1) is 18.1 Å². The molecule has 0 aromatic heterocycles. The van der Waals surface area contributed by atoms with E-state index >= 15 is 0 Å². The second kappa shape index (κ2) is 6.70. The van der Waals surface area contributed by atoms with Crippen molar-refractivity contribution in [3.05, 3.63) is 35.4 Å². The van der Waals surface area contributed by atoms with Gasteiger partial charge in [0.15, 0.2) is 21.5 Å². The number of halogens is 2. The normalized spacial score (nSPS) is 20.3. The van der Waals surface area contributed by atoms with Crippen molar-refractivity contribution < 1.29 is 22.0 Å². The third kappa shape index (κ3) is 4.48. The summed E-state index contributed by atoms with van der Waals surface area (Å²) < 4.78 is 49.3. The monoisotopic (exact) mass is 332 g/mol. The number of hydrogen-bond acceptors (Lipinski definition) is 4. The van der Waals surface area contributed by atoms with E-state index in [0.717, 1.165) is 6.07 Å². The van der Waals surface area contributed by atoms with Gasteiger partial charge in [-0.15, -0.1) is 0 Å². The van der Waals surface area contributed by atoms with E-state index in [9.17, 15) is 22.0 Å². The van der Waals surface area contributed by atoms with Crippen LogP contribution >= 0.6 is 0 Å². The Balaban J connectivity index is 1.85. The van der Waals surface area contributed by atoms with Crippen LogP contribution in [-0.4, -0.2) is 50.4 Å². The minimum atomic E-state index is -3.05. The Kier molecular flexibility index (Phi) is 5.12. The molecule has 1 heterocycles. The highest BCUT2D eigenvalue weighted by molar-refractivity contribution is 7.91. The van der Waals surface area contributed by atoms with Crippen LogP contribution < -0.4 is 5.32 Å². The third-order valence-corrected chi connectivity index (χ3v) is 5.25. The van der Waals surface area contributed by atoms with Gasteiger partial charge >= 0.3 is 0 Å². The van der Waals surface area contributed by atoms with E-state index in [1.807, 2.05) is 0 Å². The molecule has 22 heavy (non-hydrogen) atoms. The summed E-state index contributed by atoms with van der Waals surface area (Å²) in [4.78, 5) is 13.4. The quantitative estimate of drug-likeness (QED) is 0.862. The average Bonchev–Trinajstić information content (AvgIpc) is 2.74. The van der Waals surface area contributed by atoms with Gasteiger partial charge in [-0.3, -0.25) is 9.69 Å². The van der Waals surface area contributed by atoms with Crippen LogP contribution in [0, 0.1) is 11.6 Å². The van der Waals surface area contributed by atoms with Gasteiger partial charge in [0.25, 0.3) is 0 Å². The Morgan fingerprint density at radius 3 is 2.77 bits per heavy atom. The van der Waals surface area contributed by atoms with E-state index in [2.05, 4.69) is 5.32 Å². The fourth-order valence-corrected chi connectivity index (χ4v) is 4.12. The van der Waals surface area contributed by atoms with E-state index in [-0.39, 0.29) is 42.1 Å². The number of amides is 1. The molecule has 0 saturated carbocycles. The summed E-state index contributed by atoms with van der Waals surface area (Å²) >= 11 is 0. The van der Waals surface area contributed by atoms with Crippen molar-refractivity contribution in [3.63, 3.8) is 0 Å². The zero-order valence-electron chi connectivity index (χ0n) is 12.2. The highest BCUT2D eigenvalue weighted by Crippen LogP contribution is 2.13. The molecule has 1 N–H and O–H groups in total. The van der Waals surface area contributed by atoms with Crippen molar-refractivity contribution in [2.75, 3.05) is 25.1 Å². The van der Waals surface area contributed by atoms with Gasteiger partial charge in [-0.05, 0) is 19.5 Å². The predicted molar refractivity (Wildman–Crippen MR) is 77.9 cm³/mol. The molecule has 5 nitrogen and oxygen atoms in total. The zero-order valence-corrected chi connectivity index (χ0v) is 13.0. The predicted octanol–water partition coefficient (Wildman–Crippen LogP) is 0.700. The highest BCUT2D eigenvalue weighted by atomic mass is 32.2. The minimum absolute atomic E-state index is 0.0213. The first-order valence-electron chi connectivity index (χ1n) is 6.88. The van der Waals surface area contributed by atoms with Gasteiger partial charge in [0.2, 0.25) is 5.91 Å². The smallest absolute Gasteiger partial charge is 0.234 e. The standard InChI is InChI=1S/C14H18F2N2O3S/c1-18(7-10-3-2-4-12(15)14(10)16)8-13(19)17-11-5-6-22(20,21)9-11/h2-4,11H,5-9H2,1H3,(H,17,19). The van der Waals surface area contributed by atoms with Crippen LogP contribution in [0.1, 0.15) is 12.0 Å². The number of nitrogens with zero attached hydrogens (tertiary/aromatic N) is 1. The summed E-state index contributed by atoms with van der Waals surface area (Å²) in [5.74, 6) is -2.13. The first-order valence-corrected chi connectivity index (χ1v) is 8.70. The molecule has 2 rings (SSSR count). The lowest BCUT2D eigenvalue weighted by atomic mass is 10.2. The molecule has 0 spiro atoms. The zero-order chi connectivity index (χ0) is 16.3. The second-order valence-corrected chi connectivity index (χ2v) is 7.78. The van der Waals surface area contributed by atoms with Gasteiger partial charge in [0.1, 0.15) is 0 Å². The molecule has 1 aliphatic rings. The lowest BCUT2D eigenvalue weighted by Crippen LogP contribution is -2.41. The van der Waals surface area contributed by atoms with Crippen LogP contribution in [0.25, 0.3) is 0 Å². The van der Waals surface area contributed by atoms with Crippen LogP contribution in [0.5, 0.6) is 0 Å². The molecule has 1 amide bonds. The molecule has 1 fully saturated rings. The Labute approximate surface area is 128 Å². The first kappa shape index (κ1) is 16.8. The largest absolute Gasteiger partial charge is 0.351 e. The van der Waals surface area contributed by atoms with Crippen molar-refractivity contribution in [1.29, 1.82) is 0 Å². The molecule has 1 aliphatic heterocycles. The van der Waals surface area contributed by atoms with Crippen molar-refractivity contribution in [2.45, 2.75) is 19.0 Å². The summed E-state index contributed by atoms with van der Waals surface area (Å²) in [6.45, 7) is 0.0620. The van der Waals surface area contributed by atoms with Crippen molar-refractivity contribution in [3.8, 4) is 0 Å². The van der Waals surface area contributed by atoms with E-state index in [0.29, 0.717) is 6.42 Å². The van der Waals surface area contributed by atoms with Gasteiger partial charge in [0, 0.05) is 18.2 Å². The summed E-state index contributed by atoms with van der Waals surface area (Å²) in [6, 6.07) is 3.53. The Hall–Kier alpha value is -1.54. The maximum Gasteiger partial charge on any atom is 0.234 e. The van der Waals surface area contributed by atoms with Crippen LogP contribution in [0.2, 0.25) is 0 Å². The molecule has 8 heteroatoms. The van der Waals surface area contributed by atoms with Crippen molar-refractivity contribution in [2.24, 2.45) is 0 Å². The molecule has 1 unspecified atom stereocenters. The summed E-state index contributed by atoms with van der Waals surface area (Å²) in [7, 11) is -1.44. The molecule has 0 bridgehead atoms. The van der Waals surface area contributed by atoms with E-state index in [4.69, 9.17) is 0 Å². The molecule has 1 aromatic carbocycles. The van der Waals surface area contributed by atoms with E-state index in [1.165, 1.54) is 17.0 Å². The topological polar surface area (TPSA) is 66.5 Å². The summed E-state index contributed by atoms with van der Waals surface area (Å²) in [5, 5.41) is 2.65. The van der Waals surface area contributed by atoms with E-state index in [1.54, 1.807) is 7.05 Å². The molecule has 122 valence electrons. The number of carbonyl (C=O) groups is 1. The number of carbonyl (C=O) groups excluding carboxylic acids is 1. The highest BCUT2D eigenvalue weighted by Gasteiger charge is 2.29. The second-order valence-electron chi connectivity index (χ2n) is 5.55. The molecule has 1 aromatic rings. The van der Waals surface area contributed by atoms with Crippen LogP contribution in [0.15, 0.2) is 18.2 Å². The molecule has 1 saturated heterocycles. The lowest BCUT2D eigenvalue weighted by Gasteiger charge is -2.18. The maximum absolute atomic E-state index is 13.5. The number of nitrogens with one attached hydrogen (secondary N) is 1. The SMILES string of the molecule is CN(CC(=O)NC1CCS(=O)(=O)C1)Cc1cccc(F)c1F. The van der Waals surface area contributed by atoms with Crippen LogP contribution in [0.4, 0.5) is 8.78 Å². The molecule has 1 atom stereocenters. The van der Waals surface area contributed by atoms with Crippen molar-refractivity contribution in [1.82, 2.24) is 10.2 Å². The average molecular weight is 332 g/mol. The van der Waals surface area contributed by atoms with Crippen molar-refractivity contribution >= 4 is 15.7 Å². The summed E-state index contributed by atoms with van der Waals surface area (Å²) in [5.41, 5.74) is 0.166. The third-order valence-electron chi connectivity index (χ3n) is 3.48. The Bertz CT molecular complexity index is 664. The lowest BCUT2D eigenvalue weighted by molar-refractivity contribution is -0.122. The van der Waals surface area contributed by atoms with Gasteiger partial charge < -0.3 is 5.32 Å². The molecular weight excluding hydrogens is 314 g/mol. The van der Waals surface area contributed by atoms with Gasteiger partial charge in [-0.2, -0.15) is 0 Å². The fraction of sp³-hybridized carbons (Fsp3) is 0.500. The molecule has 0 radical (unpaired) electrons. The van der Waals surface area contributed by atoms with Crippen LogP contribution in [-0.2, 0) is 21.2 Å². The van der Waals surface area contributed by atoms with Crippen LogP contribution in [0.3, 0.4) is 0 Å². The van der Waals surface area contributed by atoms with E-state index < -0.39 is 21.5 Å². The summed E-state index contributed by atoms with van der Waals surface area (Å²) in [6.07, 6.45) is 0.413. The van der Waals surface area contributed by atoms with Gasteiger partial charge in [-0.25, -0.2) is 17.2 Å². The number of rotatable bonds is 5. The maximum atomic E-state index is 13.5. The van der Waals surface area contributed by atoms with Gasteiger partial charge in [-0.1, -0.05) is 12.1 Å². The number of benzene rings is 1. The molecular formula is C14H18F2N2O3S. The Morgan fingerprint density at radius 1 is 1.41 bits per heavy atom. The first-order chi connectivity index (χ1) is 10.3. The number of sulfone groups is 1. The minimum Gasteiger partial charge on any atom is -0.351 e. The Morgan fingerprint density at radius 2 is 2.14 bits per heavy atom. The molecule has 0 aliphatic carbocycles. The number of likely N-dealkylation sites (N-methyl/N-ethyl adjacent to an activating group) is 1. The number of hydrogen-bond donors (Lipinski definition) is 1. The fourth-order valence-electron chi connectivity index (χ4n) is 2.44.